The number of nitrogens with zero attached hydrogens (tertiary/aromatic N) is 4. The van der Waals surface area contributed by atoms with Crippen LogP contribution in [0.3, 0.4) is 0 Å². The summed E-state index contributed by atoms with van der Waals surface area (Å²) in [6.07, 6.45) is 3.67. The van der Waals surface area contributed by atoms with Gasteiger partial charge in [-0.1, -0.05) is 36.2 Å². The number of carbonyl (C=O) groups is 1. The summed E-state index contributed by atoms with van der Waals surface area (Å²) in [5.74, 6) is 0.289. The van der Waals surface area contributed by atoms with Crippen molar-refractivity contribution in [2.45, 2.75) is 45.6 Å². The zero-order valence-electron chi connectivity index (χ0n) is 15.4. The molecule has 2 N–H and O–H groups in total. The molecule has 7 heteroatoms. The van der Waals surface area contributed by atoms with Gasteiger partial charge in [-0.05, 0) is 50.3 Å². The van der Waals surface area contributed by atoms with Gasteiger partial charge in [-0.2, -0.15) is 0 Å². The number of amides is 1. The molecule has 2 heterocycles. The van der Waals surface area contributed by atoms with Gasteiger partial charge in [0.15, 0.2) is 5.69 Å². The summed E-state index contributed by atoms with van der Waals surface area (Å²) in [6, 6.07) is 7.52. The van der Waals surface area contributed by atoms with E-state index in [1.165, 1.54) is 0 Å². The molecule has 1 amide bonds. The molecule has 2 aromatic rings. The van der Waals surface area contributed by atoms with Gasteiger partial charge in [-0.15, -0.1) is 5.10 Å². The number of carbonyl (C=O) groups excluding carboxylic acids is 1. The number of aromatic nitrogens is 3. The van der Waals surface area contributed by atoms with E-state index in [4.69, 9.17) is 17.3 Å². The van der Waals surface area contributed by atoms with Crippen LogP contribution in [0.2, 0.25) is 5.02 Å². The van der Waals surface area contributed by atoms with Crippen LogP contribution in [0.4, 0.5) is 0 Å². The summed E-state index contributed by atoms with van der Waals surface area (Å²) in [7, 11) is 0. The highest BCUT2D eigenvalue weighted by Gasteiger charge is 2.30. The molecule has 1 fully saturated rings. The summed E-state index contributed by atoms with van der Waals surface area (Å²) >= 11 is 6.11. The highest BCUT2D eigenvalue weighted by Crippen LogP contribution is 2.23. The molecule has 26 heavy (non-hydrogen) atoms. The van der Waals surface area contributed by atoms with Crippen LogP contribution < -0.4 is 5.73 Å². The highest BCUT2D eigenvalue weighted by molar-refractivity contribution is 6.30. The average Bonchev–Trinajstić information content (AvgIpc) is 3.05. The molecule has 2 atom stereocenters. The van der Waals surface area contributed by atoms with Crippen molar-refractivity contribution < 1.29 is 4.79 Å². The number of rotatable bonds is 5. The predicted octanol–water partition coefficient (Wildman–Crippen LogP) is 3.07. The van der Waals surface area contributed by atoms with Crippen molar-refractivity contribution in [3.05, 3.63) is 40.7 Å². The fourth-order valence-corrected chi connectivity index (χ4v) is 3.70. The Morgan fingerprint density at radius 3 is 2.96 bits per heavy atom. The second kappa shape index (κ2) is 8.18. The lowest BCUT2D eigenvalue weighted by atomic mass is 9.92. The molecule has 140 valence electrons. The first-order valence-electron chi connectivity index (χ1n) is 9.26. The molecule has 1 aromatic heterocycles. The van der Waals surface area contributed by atoms with Crippen LogP contribution in [-0.4, -0.2) is 44.9 Å². The summed E-state index contributed by atoms with van der Waals surface area (Å²) in [6.45, 7) is 5.52. The predicted molar refractivity (Wildman–Crippen MR) is 103 cm³/mol. The van der Waals surface area contributed by atoms with Crippen LogP contribution in [-0.2, 0) is 6.42 Å². The second-order valence-corrected chi connectivity index (χ2v) is 7.48. The van der Waals surface area contributed by atoms with Crippen LogP contribution in [0.1, 0.15) is 49.3 Å². The minimum absolute atomic E-state index is 0.0490. The number of likely N-dealkylation sites (tertiary alicyclic amines) is 1. The minimum Gasteiger partial charge on any atom is -0.337 e. The molecule has 1 aliphatic rings. The van der Waals surface area contributed by atoms with Crippen LogP contribution in [0.5, 0.6) is 0 Å². The lowest BCUT2D eigenvalue weighted by molar-refractivity contribution is 0.0653. The Balaban J connectivity index is 1.91. The lowest BCUT2D eigenvalue weighted by Gasteiger charge is -2.34. The Morgan fingerprint density at radius 1 is 1.46 bits per heavy atom. The van der Waals surface area contributed by atoms with Gasteiger partial charge in [0.2, 0.25) is 0 Å². The zero-order chi connectivity index (χ0) is 18.7. The molecular formula is C19H26ClN5O. The van der Waals surface area contributed by atoms with Crippen molar-refractivity contribution in [2.24, 2.45) is 11.7 Å². The third kappa shape index (κ3) is 3.91. The number of hydrogen-bond acceptors (Lipinski definition) is 4. The summed E-state index contributed by atoms with van der Waals surface area (Å²) in [4.78, 5) is 15.0. The third-order valence-electron chi connectivity index (χ3n) is 4.99. The van der Waals surface area contributed by atoms with E-state index in [0.29, 0.717) is 23.2 Å². The first-order chi connectivity index (χ1) is 12.5. The fourth-order valence-electron chi connectivity index (χ4n) is 3.52. The molecule has 0 aliphatic carbocycles. The van der Waals surface area contributed by atoms with Gasteiger partial charge in [0.1, 0.15) is 0 Å². The fraction of sp³-hybridized carbons (Fsp3) is 0.526. The molecule has 0 spiro atoms. The van der Waals surface area contributed by atoms with Crippen LogP contribution >= 0.6 is 11.6 Å². The van der Waals surface area contributed by atoms with Crippen molar-refractivity contribution >= 4 is 17.5 Å². The maximum absolute atomic E-state index is 13.1. The Morgan fingerprint density at radius 2 is 2.27 bits per heavy atom. The number of nitrogens with two attached hydrogens (primary N) is 1. The summed E-state index contributed by atoms with van der Waals surface area (Å²) < 4.78 is 1.73. The minimum atomic E-state index is -0.0490. The van der Waals surface area contributed by atoms with Crippen LogP contribution in [0, 0.1) is 5.92 Å². The highest BCUT2D eigenvalue weighted by atomic mass is 35.5. The quantitative estimate of drug-likeness (QED) is 0.871. The molecule has 1 saturated heterocycles. The Kier molecular flexibility index (Phi) is 5.94. The van der Waals surface area contributed by atoms with E-state index in [1.54, 1.807) is 4.68 Å². The molecule has 0 bridgehead atoms. The Bertz CT molecular complexity index is 773. The van der Waals surface area contributed by atoms with Crippen molar-refractivity contribution in [1.82, 2.24) is 19.9 Å². The third-order valence-corrected chi connectivity index (χ3v) is 5.23. The van der Waals surface area contributed by atoms with E-state index in [2.05, 4.69) is 17.2 Å². The molecule has 0 radical (unpaired) electrons. The number of piperidine rings is 1. The van der Waals surface area contributed by atoms with Crippen LogP contribution in [0.25, 0.3) is 5.69 Å². The number of hydrogen-bond donors (Lipinski definition) is 1. The molecule has 6 nitrogen and oxygen atoms in total. The van der Waals surface area contributed by atoms with E-state index >= 15 is 0 Å². The average molecular weight is 376 g/mol. The van der Waals surface area contributed by atoms with Gasteiger partial charge in [0.25, 0.3) is 5.91 Å². The summed E-state index contributed by atoms with van der Waals surface area (Å²) in [5.41, 5.74) is 8.15. The molecule has 3 rings (SSSR count). The molecule has 1 aromatic carbocycles. The van der Waals surface area contributed by atoms with E-state index in [-0.39, 0.29) is 11.9 Å². The van der Waals surface area contributed by atoms with Gasteiger partial charge < -0.3 is 10.6 Å². The first kappa shape index (κ1) is 18.9. The van der Waals surface area contributed by atoms with E-state index < -0.39 is 0 Å². The normalized spacial score (nSPS) is 18.8. The van der Waals surface area contributed by atoms with Crippen LogP contribution in [0.15, 0.2) is 24.3 Å². The zero-order valence-corrected chi connectivity index (χ0v) is 16.1. The van der Waals surface area contributed by atoms with Crippen molar-refractivity contribution in [2.75, 3.05) is 13.1 Å². The number of halogens is 1. The SMILES string of the molecule is CCCc1c(C(=O)N2CCCC(C(C)N)C2)nnn1-c1cccc(Cl)c1. The van der Waals surface area contributed by atoms with Gasteiger partial charge in [-0.3, -0.25) is 4.79 Å². The maximum Gasteiger partial charge on any atom is 0.276 e. The Labute approximate surface area is 159 Å². The van der Waals surface area contributed by atoms with Crippen molar-refractivity contribution in [3.63, 3.8) is 0 Å². The maximum atomic E-state index is 13.1. The second-order valence-electron chi connectivity index (χ2n) is 7.04. The lowest BCUT2D eigenvalue weighted by Crippen LogP contribution is -2.45. The Hall–Kier alpha value is -1.92. The monoisotopic (exact) mass is 375 g/mol. The number of benzene rings is 1. The van der Waals surface area contributed by atoms with E-state index in [0.717, 1.165) is 43.6 Å². The molecule has 0 saturated carbocycles. The van der Waals surface area contributed by atoms with E-state index in [1.807, 2.05) is 36.1 Å². The van der Waals surface area contributed by atoms with Crippen molar-refractivity contribution in [1.29, 1.82) is 0 Å². The molecular weight excluding hydrogens is 350 g/mol. The topological polar surface area (TPSA) is 77.0 Å². The molecule has 1 aliphatic heterocycles. The largest absolute Gasteiger partial charge is 0.337 e. The molecule has 2 unspecified atom stereocenters. The summed E-state index contributed by atoms with van der Waals surface area (Å²) in [5, 5.41) is 9.11. The van der Waals surface area contributed by atoms with Gasteiger partial charge in [0, 0.05) is 24.2 Å². The van der Waals surface area contributed by atoms with E-state index in [9.17, 15) is 4.79 Å². The van der Waals surface area contributed by atoms with Crippen molar-refractivity contribution in [3.8, 4) is 5.69 Å². The van der Waals surface area contributed by atoms with Gasteiger partial charge in [-0.25, -0.2) is 4.68 Å². The standard InChI is InChI=1S/C19H26ClN5O/c1-3-6-17-18(19(26)24-10-5-7-14(12-24)13(2)21)22-23-25(17)16-9-4-8-15(20)11-16/h4,8-9,11,13-14H,3,5-7,10,12,21H2,1-2H3. The van der Waals surface area contributed by atoms with Gasteiger partial charge in [0.05, 0.1) is 11.4 Å². The smallest absolute Gasteiger partial charge is 0.276 e. The van der Waals surface area contributed by atoms with Gasteiger partial charge >= 0.3 is 0 Å². The first-order valence-corrected chi connectivity index (χ1v) is 9.64.